The average molecular weight is 387 g/mol. The number of aryl methyl sites for hydroxylation is 1. The second-order valence-electron chi connectivity index (χ2n) is 6.09. The van der Waals surface area contributed by atoms with Crippen molar-refractivity contribution in [1.29, 1.82) is 0 Å². The summed E-state index contributed by atoms with van der Waals surface area (Å²) in [7, 11) is -6.00. The lowest BCUT2D eigenvalue weighted by Gasteiger charge is -2.08. The Bertz CT molecular complexity index is 1050. The topological polar surface area (TPSA) is 0 Å². The van der Waals surface area contributed by atoms with E-state index in [1.54, 1.807) is 0 Å². The van der Waals surface area contributed by atoms with Crippen molar-refractivity contribution in [2.75, 3.05) is 0 Å². The lowest BCUT2D eigenvalue weighted by molar-refractivity contribution is 0.368. The third kappa shape index (κ3) is 5.50. The number of fused-ring (bicyclic) bond motifs is 2. The molecule has 138 valence electrons. The molecule has 4 rings (SSSR count). The van der Waals surface area contributed by atoms with Crippen LogP contribution in [0, 0.1) is 6.92 Å². The molecule has 0 spiro atoms. The zero-order chi connectivity index (χ0) is 19.4. The van der Waals surface area contributed by atoms with Crippen LogP contribution in [0.2, 0.25) is 0 Å². The van der Waals surface area contributed by atoms with E-state index in [0.29, 0.717) is 0 Å². The van der Waals surface area contributed by atoms with Gasteiger partial charge in [0.15, 0.2) is 0 Å². The smallest absolute Gasteiger partial charge is 0.418 e. The highest BCUT2D eigenvalue weighted by Gasteiger charge is 2.20. The molecule has 0 amide bonds. The molecule has 0 heterocycles. The van der Waals surface area contributed by atoms with Gasteiger partial charge in [-0.25, -0.2) is 0 Å². The van der Waals surface area contributed by atoms with Crippen LogP contribution in [0.1, 0.15) is 5.56 Å². The minimum Gasteiger partial charge on any atom is -0.418 e. The molecule has 0 aliphatic heterocycles. The lowest BCUT2D eigenvalue weighted by Crippen LogP contribution is -2.02. The van der Waals surface area contributed by atoms with Gasteiger partial charge in [-0.15, -0.1) is 0 Å². The summed E-state index contributed by atoms with van der Waals surface area (Å²) in [6.07, 6.45) is 0. The molecule has 0 bridgehead atoms. The lowest BCUT2D eigenvalue weighted by atomic mass is 10.0. The van der Waals surface area contributed by atoms with Gasteiger partial charge < -0.3 is 17.3 Å². The van der Waals surface area contributed by atoms with Crippen molar-refractivity contribution in [2.24, 2.45) is 0 Å². The number of halogens is 4. The number of benzene rings is 4. The van der Waals surface area contributed by atoms with Crippen LogP contribution >= 0.6 is 11.8 Å². The Balaban J connectivity index is 0.000000376. The summed E-state index contributed by atoms with van der Waals surface area (Å²) in [5, 5.41) is 5.22. The van der Waals surface area contributed by atoms with Crippen molar-refractivity contribution in [3.63, 3.8) is 0 Å². The van der Waals surface area contributed by atoms with Gasteiger partial charge in [-0.2, -0.15) is 0 Å². The number of hydrogen-bond donors (Lipinski definition) is 0. The van der Waals surface area contributed by atoms with Crippen LogP contribution in [0.15, 0.2) is 88.7 Å². The highest BCUT2D eigenvalue weighted by Crippen LogP contribution is 2.35. The van der Waals surface area contributed by atoms with Crippen LogP contribution in [-0.4, -0.2) is 7.25 Å². The molecule has 0 nitrogen and oxygen atoms in total. The predicted octanol–water partition coefficient (Wildman–Crippen LogP) is 7.75. The fourth-order valence-electron chi connectivity index (χ4n) is 2.76. The molecule has 0 N–H and O–H groups in total. The minimum absolute atomic E-state index is 1.28. The average Bonchev–Trinajstić information content (AvgIpc) is 2.61. The molecule has 0 radical (unpaired) electrons. The Labute approximate surface area is 159 Å². The van der Waals surface area contributed by atoms with Gasteiger partial charge in [0.05, 0.1) is 0 Å². The van der Waals surface area contributed by atoms with Gasteiger partial charge in [0.2, 0.25) is 0 Å². The van der Waals surface area contributed by atoms with E-state index in [2.05, 4.69) is 85.8 Å². The molecule has 0 saturated heterocycles. The molecule has 0 aromatic heterocycles. The molecule has 4 aromatic carbocycles. The van der Waals surface area contributed by atoms with Gasteiger partial charge in [0, 0.05) is 9.79 Å². The fraction of sp³-hybridized carbons (Fsp3) is 0.0476. The van der Waals surface area contributed by atoms with Crippen LogP contribution in [0.4, 0.5) is 17.3 Å². The van der Waals surface area contributed by atoms with Crippen molar-refractivity contribution < 1.29 is 17.3 Å². The van der Waals surface area contributed by atoms with Crippen molar-refractivity contribution in [2.45, 2.75) is 16.7 Å². The monoisotopic (exact) mass is 387 g/mol. The van der Waals surface area contributed by atoms with Crippen LogP contribution in [-0.2, 0) is 0 Å². The first kappa shape index (κ1) is 19.3. The quantitative estimate of drug-likeness (QED) is 0.192. The van der Waals surface area contributed by atoms with Crippen LogP contribution in [0.5, 0.6) is 0 Å². The van der Waals surface area contributed by atoms with E-state index in [1.807, 2.05) is 11.8 Å². The fourth-order valence-corrected chi connectivity index (χ4v) is 3.72. The molecular weight excluding hydrogens is 371 g/mol. The second kappa shape index (κ2) is 8.05. The second-order valence-corrected chi connectivity index (χ2v) is 7.20. The summed E-state index contributed by atoms with van der Waals surface area (Å²) >= 11 is 1.83. The molecule has 0 aliphatic rings. The molecule has 27 heavy (non-hydrogen) atoms. The van der Waals surface area contributed by atoms with E-state index in [4.69, 9.17) is 0 Å². The van der Waals surface area contributed by atoms with Crippen molar-refractivity contribution in [3.05, 3.63) is 84.4 Å². The van der Waals surface area contributed by atoms with Gasteiger partial charge in [0.25, 0.3) is 0 Å². The van der Waals surface area contributed by atoms with Crippen molar-refractivity contribution in [1.82, 2.24) is 0 Å². The summed E-state index contributed by atoms with van der Waals surface area (Å²) < 4.78 is 39.0. The Morgan fingerprint density at radius 3 is 1.85 bits per heavy atom. The van der Waals surface area contributed by atoms with E-state index in [1.165, 1.54) is 36.9 Å². The highest BCUT2D eigenvalue weighted by molar-refractivity contribution is 7.99. The maximum absolute atomic E-state index is 9.75. The third-order valence-corrected chi connectivity index (χ3v) is 5.04. The zero-order valence-electron chi connectivity index (χ0n) is 14.5. The third-order valence-electron chi connectivity index (χ3n) is 3.96. The highest BCUT2D eigenvalue weighted by atomic mass is 32.2. The van der Waals surface area contributed by atoms with Gasteiger partial charge in [-0.1, -0.05) is 65.9 Å². The van der Waals surface area contributed by atoms with Crippen LogP contribution < -0.4 is 0 Å². The molecular formula is C21H16BF4S-. The maximum Gasteiger partial charge on any atom is 0.673 e. The number of hydrogen-bond acceptors (Lipinski definition) is 1. The van der Waals surface area contributed by atoms with Crippen LogP contribution in [0.3, 0.4) is 0 Å². The van der Waals surface area contributed by atoms with Gasteiger partial charge in [-0.3, -0.25) is 0 Å². The van der Waals surface area contributed by atoms with Gasteiger partial charge in [0.1, 0.15) is 0 Å². The Morgan fingerprint density at radius 1 is 0.667 bits per heavy atom. The molecule has 4 aromatic rings. The minimum atomic E-state index is -6.00. The zero-order valence-corrected chi connectivity index (χ0v) is 15.3. The van der Waals surface area contributed by atoms with Crippen molar-refractivity contribution in [3.8, 4) is 0 Å². The standard InChI is InChI=1S/C21H16S.BF4/c1-15-9-11-19(12-10-15)22-21-8-4-7-18-13-16-5-2-3-6-17(16)14-20(18)21;2-1(3,4)5/h2-14H,1H3;/q;-1. The summed E-state index contributed by atoms with van der Waals surface area (Å²) in [4.78, 5) is 2.60. The van der Waals surface area contributed by atoms with Gasteiger partial charge in [-0.05, 0) is 58.8 Å². The summed E-state index contributed by atoms with van der Waals surface area (Å²) in [5.41, 5.74) is 1.30. The molecule has 0 saturated carbocycles. The van der Waals surface area contributed by atoms with E-state index in [9.17, 15) is 17.3 Å². The predicted molar refractivity (Wildman–Crippen MR) is 107 cm³/mol. The van der Waals surface area contributed by atoms with E-state index in [-0.39, 0.29) is 0 Å². The van der Waals surface area contributed by atoms with Crippen molar-refractivity contribution >= 4 is 40.6 Å². The van der Waals surface area contributed by atoms with E-state index >= 15 is 0 Å². The Morgan fingerprint density at radius 2 is 1.22 bits per heavy atom. The van der Waals surface area contributed by atoms with Gasteiger partial charge >= 0.3 is 7.25 Å². The van der Waals surface area contributed by atoms with E-state index in [0.717, 1.165) is 0 Å². The molecule has 0 atom stereocenters. The first-order valence-electron chi connectivity index (χ1n) is 8.33. The SMILES string of the molecule is Cc1ccc(Sc2cccc3cc4ccccc4cc23)cc1.F[B-](F)(F)F. The summed E-state index contributed by atoms with van der Waals surface area (Å²) in [6, 6.07) is 28.4. The normalized spacial score (nSPS) is 11.3. The first-order chi connectivity index (χ1) is 12.8. The molecule has 0 fully saturated rings. The molecule has 6 heteroatoms. The summed E-state index contributed by atoms with van der Waals surface area (Å²) in [5.74, 6) is 0. The van der Waals surface area contributed by atoms with Crippen LogP contribution in [0.25, 0.3) is 21.5 Å². The maximum atomic E-state index is 9.75. The Kier molecular flexibility index (Phi) is 5.75. The summed E-state index contributed by atoms with van der Waals surface area (Å²) in [6.45, 7) is 2.12. The molecule has 0 unspecified atom stereocenters. The number of rotatable bonds is 2. The first-order valence-corrected chi connectivity index (χ1v) is 9.15. The molecule has 0 aliphatic carbocycles. The Hall–Kier alpha value is -2.47. The largest absolute Gasteiger partial charge is 0.673 e. The van der Waals surface area contributed by atoms with E-state index < -0.39 is 7.25 Å².